The topological polar surface area (TPSA) is 53.5 Å². The number of halogens is 3. The zero-order chi connectivity index (χ0) is 17.3. The Balaban J connectivity index is 1.97. The molecule has 0 spiro atoms. The van der Waals surface area contributed by atoms with Gasteiger partial charge in [0, 0.05) is 30.2 Å². The average molecular weight is 377 g/mol. The number of thioether (sulfide) groups is 2. The molecule has 1 aromatic rings. The second-order valence-electron chi connectivity index (χ2n) is 5.34. The maximum absolute atomic E-state index is 13.1. The van der Waals surface area contributed by atoms with Gasteiger partial charge in [0.2, 0.25) is 0 Å². The van der Waals surface area contributed by atoms with Gasteiger partial charge in [0.1, 0.15) is 11.4 Å². The SMILES string of the molecule is O=C(c1cc(C(=O)N2CCSC2)nc(C(F)(F)F)c1)N1CCSC1. The summed E-state index contributed by atoms with van der Waals surface area (Å²) in [6, 6.07) is 1.90. The number of aromatic nitrogens is 1. The highest BCUT2D eigenvalue weighted by atomic mass is 32.2. The Morgan fingerprint density at radius 3 is 2.08 bits per heavy atom. The van der Waals surface area contributed by atoms with Crippen LogP contribution in [0.2, 0.25) is 0 Å². The third-order valence-corrected chi connectivity index (χ3v) is 5.59. The summed E-state index contributed by atoms with van der Waals surface area (Å²) in [6.45, 7) is 0.951. The van der Waals surface area contributed by atoms with E-state index in [4.69, 9.17) is 0 Å². The number of alkyl halides is 3. The van der Waals surface area contributed by atoms with E-state index in [1.807, 2.05) is 0 Å². The predicted octanol–water partition coefficient (Wildman–Crippen LogP) is 2.39. The highest BCUT2D eigenvalue weighted by Gasteiger charge is 2.36. The summed E-state index contributed by atoms with van der Waals surface area (Å²) < 4.78 is 39.3. The molecule has 1 aromatic heterocycles. The molecule has 2 fully saturated rings. The van der Waals surface area contributed by atoms with Crippen LogP contribution in [0.25, 0.3) is 0 Å². The Morgan fingerprint density at radius 1 is 1.00 bits per heavy atom. The third kappa shape index (κ3) is 3.64. The fourth-order valence-electron chi connectivity index (χ4n) is 2.40. The number of hydrogen-bond donors (Lipinski definition) is 0. The smallest absolute Gasteiger partial charge is 0.329 e. The van der Waals surface area contributed by atoms with Gasteiger partial charge in [-0.15, -0.1) is 23.5 Å². The molecule has 2 aliphatic rings. The second kappa shape index (κ2) is 6.83. The molecule has 0 saturated carbocycles. The number of amides is 2. The molecule has 2 amide bonds. The van der Waals surface area contributed by atoms with Crippen LogP contribution >= 0.6 is 23.5 Å². The molecular formula is C14H14F3N3O2S2. The minimum atomic E-state index is -4.72. The number of carbonyl (C=O) groups is 2. The number of nitrogens with zero attached hydrogens (tertiary/aromatic N) is 3. The van der Waals surface area contributed by atoms with E-state index in [0.29, 0.717) is 24.8 Å². The van der Waals surface area contributed by atoms with Crippen molar-refractivity contribution in [3.05, 3.63) is 29.1 Å². The standard InChI is InChI=1S/C14H14F3N3O2S2/c15-14(16,17)11-6-9(12(21)19-1-3-23-7-19)5-10(18-11)13(22)20-2-4-24-8-20/h5-6H,1-4,7-8H2. The van der Waals surface area contributed by atoms with Gasteiger partial charge in [-0.05, 0) is 12.1 Å². The molecule has 3 rings (SSSR count). The van der Waals surface area contributed by atoms with E-state index in [1.165, 1.54) is 39.4 Å². The van der Waals surface area contributed by atoms with E-state index in [0.717, 1.165) is 17.6 Å². The van der Waals surface area contributed by atoms with Gasteiger partial charge in [-0.3, -0.25) is 9.59 Å². The summed E-state index contributed by atoms with van der Waals surface area (Å²) in [5.74, 6) is 1.27. The van der Waals surface area contributed by atoms with Crippen LogP contribution in [-0.4, -0.2) is 62.9 Å². The van der Waals surface area contributed by atoms with E-state index in [2.05, 4.69) is 4.98 Å². The molecule has 0 bridgehead atoms. The maximum atomic E-state index is 13.1. The molecule has 0 radical (unpaired) electrons. The number of hydrogen-bond acceptors (Lipinski definition) is 5. The Bertz CT molecular complexity index is 611. The van der Waals surface area contributed by atoms with Crippen LogP contribution in [0, 0.1) is 0 Å². The highest BCUT2D eigenvalue weighted by Crippen LogP contribution is 2.30. The molecule has 130 valence electrons. The summed E-state index contributed by atoms with van der Waals surface area (Å²) in [6.07, 6.45) is -4.72. The first-order chi connectivity index (χ1) is 11.4. The number of carbonyl (C=O) groups excluding carboxylic acids is 2. The third-order valence-electron chi connectivity index (χ3n) is 3.66. The summed E-state index contributed by atoms with van der Waals surface area (Å²) in [4.78, 5) is 31.2. The molecule has 0 aromatic carbocycles. The van der Waals surface area contributed by atoms with Crippen molar-refractivity contribution < 1.29 is 22.8 Å². The fraction of sp³-hybridized carbons (Fsp3) is 0.500. The van der Waals surface area contributed by atoms with Crippen molar-refractivity contribution in [2.24, 2.45) is 0 Å². The Morgan fingerprint density at radius 2 is 1.58 bits per heavy atom. The first-order valence-electron chi connectivity index (χ1n) is 7.19. The lowest BCUT2D eigenvalue weighted by Crippen LogP contribution is -2.31. The maximum Gasteiger partial charge on any atom is 0.433 e. The van der Waals surface area contributed by atoms with Crippen LogP contribution in [0.1, 0.15) is 26.5 Å². The van der Waals surface area contributed by atoms with Crippen LogP contribution in [-0.2, 0) is 6.18 Å². The van der Waals surface area contributed by atoms with E-state index in [1.54, 1.807) is 0 Å². The number of pyridine rings is 1. The molecular weight excluding hydrogens is 363 g/mol. The predicted molar refractivity (Wildman–Crippen MR) is 86.0 cm³/mol. The second-order valence-corrected chi connectivity index (χ2v) is 7.49. The van der Waals surface area contributed by atoms with Gasteiger partial charge in [-0.2, -0.15) is 13.2 Å². The van der Waals surface area contributed by atoms with E-state index in [-0.39, 0.29) is 11.3 Å². The minimum Gasteiger partial charge on any atom is -0.329 e. The molecule has 3 heterocycles. The molecule has 0 unspecified atom stereocenters. The van der Waals surface area contributed by atoms with Crippen molar-refractivity contribution in [1.29, 1.82) is 0 Å². The molecule has 5 nitrogen and oxygen atoms in total. The van der Waals surface area contributed by atoms with E-state index < -0.39 is 23.7 Å². The first kappa shape index (κ1) is 17.4. The lowest BCUT2D eigenvalue weighted by molar-refractivity contribution is -0.141. The van der Waals surface area contributed by atoms with Crippen molar-refractivity contribution in [3.63, 3.8) is 0 Å². The average Bonchev–Trinajstić information content (AvgIpc) is 3.25. The molecule has 2 saturated heterocycles. The summed E-state index contributed by atoms with van der Waals surface area (Å²) >= 11 is 3.06. The van der Waals surface area contributed by atoms with Gasteiger partial charge >= 0.3 is 6.18 Å². The van der Waals surface area contributed by atoms with E-state index in [9.17, 15) is 22.8 Å². The molecule has 0 atom stereocenters. The van der Waals surface area contributed by atoms with Crippen molar-refractivity contribution in [1.82, 2.24) is 14.8 Å². The van der Waals surface area contributed by atoms with Crippen molar-refractivity contribution in [2.75, 3.05) is 36.3 Å². The quantitative estimate of drug-likeness (QED) is 0.792. The van der Waals surface area contributed by atoms with Crippen molar-refractivity contribution in [2.45, 2.75) is 6.18 Å². The summed E-state index contributed by atoms with van der Waals surface area (Å²) in [5.41, 5.74) is -1.69. The highest BCUT2D eigenvalue weighted by molar-refractivity contribution is 7.99. The molecule has 2 aliphatic heterocycles. The molecule has 0 aliphatic carbocycles. The summed E-state index contributed by atoms with van der Waals surface area (Å²) in [5, 5.41) is 0. The van der Waals surface area contributed by atoms with Crippen LogP contribution in [0.4, 0.5) is 13.2 Å². The van der Waals surface area contributed by atoms with Crippen LogP contribution in [0.5, 0.6) is 0 Å². The largest absolute Gasteiger partial charge is 0.433 e. The van der Waals surface area contributed by atoms with Crippen LogP contribution < -0.4 is 0 Å². The van der Waals surface area contributed by atoms with Crippen molar-refractivity contribution in [3.8, 4) is 0 Å². The zero-order valence-corrected chi connectivity index (χ0v) is 14.1. The zero-order valence-electron chi connectivity index (χ0n) is 12.5. The molecule has 0 N–H and O–H groups in total. The van der Waals surface area contributed by atoms with Gasteiger partial charge < -0.3 is 9.80 Å². The van der Waals surface area contributed by atoms with Gasteiger partial charge in [-0.25, -0.2) is 4.98 Å². The molecule has 24 heavy (non-hydrogen) atoms. The lowest BCUT2D eigenvalue weighted by atomic mass is 10.1. The lowest BCUT2D eigenvalue weighted by Gasteiger charge is -2.18. The summed E-state index contributed by atoms with van der Waals surface area (Å²) in [7, 11) is 0. The van der Waals surface area contributed by atoms with Crippen LogP contribution in [0.15, 0.2) is 12.1 Å². The van der Waals surface area contributed by atoms with Gasteiger partial charge in [0.05, 0.1) is 11.8 Å². The Labute approximate surface area is 145 Å². The normalized spacial score (nSPS) is 18.3. The molecule has 10 heteroatoms. The van der Waals surface area contributed by atoms with Gasteiger partial charge in [-0.1, -0.05) is 0 Å². The minimum absolute atomic E-state index is 0.143. The monoisotopic (exact) mass is 377 g/mol. The number of rotatable bonds is 2. The van der Waals surface area contributed by atoms with Gasteiger partial charge in [0.25, 0.3) is 11.8 Å². The Kier molecular flexibility index (Phi) is 4.95. The fourth-order valence-corrected chi connectivity index (χ4v) is 4.29. The van der Waals surface area contributed by atoms with Crippen LogP contribution in [0.3, 0.4) is 0 Å². The Hall–Kier alpha value is -1.42. The van der Waals surface area contributed by atoms with Gasteiger partial charge in [0.15, 0.2) is 0 Å². The van der Waals surface area contributed by atoms with Crippen molar-refractivity contribution >= 4 is 35.3 Å². The first-order valence-corrected chi connectivity index (χ1v) is 9.50. The van der Waals surface area contributed by atoms with E-state index >= 15 is 0 Å².